The fraction of sp³-hybridized carbons (Fsp3) is 0.286. The first-order valence-corrected chi connectivity index (χ1v) is 6.53. The van der Waals surface area contributed by atoms with E-state index in [0.717, 1.165) is 0 Å². The van der Waals surface area contributed by atoms with Crippen molar-refractivity contribution in [3.63, 3.8) is 0 Å². The number of rotatable bonds is 4. The summed E-state index contributed by atoms with van der Waals surface area (Å²) in [6.07, 6.45) is 0. The average Bonchev–Trinajstić information content (AvgIpc) is 2.90. The van der Waals surface area contributed by atoms with Gasteiger partial charge in [0.1, 0.15) is 5.82 Å². The predicted octanol–water partition coefficient (Wildman–Crippen LogP) is 1.59. The summed E-state index contributed by atoms with van der Waals surface area (Å²) in [7, 11) is 0. The largest absolute Gasteiger partial charge is 0.366 e. The van der Waals surface area contributed by atoms with Crippen molar-refractivity contribution in [1.29, 1.82) is 0 Å². The molecule has 7 nitrogen and oxygen atoms in total. The maximum absolute atomic E-state index is 12.1. The van der Waals surface area contributed by atoms with E-state index in [0.29, 0.717) is 22.6 Å². The van der Waals surface area contributed by atoms with Crippen molar-refractivity contribution in [3.8, 4) is 0 Å². The molecule has 0 radical (unpaired) electrons. The highest BCUT2D eigenvalue weighted by Crippen LogP contribution is 2.19. The van der Waals surface area contributed by atoms with Gasteiger partial charge in [-0.1, -0.05) is 19.9 Å². The minimum Gasteiger partial charge on any atom is -0.366 e. The van der Waals surface area contributed by atoms with Crippen LogP contribution in [0.5, 0.6) is 0 Å². The van der Waals surface area contributed by atoms with Gasteiger partial charge in [-0.2, -0.15) is 0 Å². The van der Waals surface area contributed by atoms with Crippen LogP contribution < -0.4 is 11.1 Å². The fourth-order valence-electron chi connectivity index (χ4n) is 1.85. The SMILES string of the molecule is Cc1c(NC(=O)c2n[nH]c(C(C)C)n2)cccc1C(N)=O. The molecule has 2 amide bonds. The number of nitrogens with two attached hydrogens (primary N) is 1. The van der Waals surface area contributed by atoms with Gasteiger partial charge >= 0.3 is 0 Å². The topological polar surface area (TPSA) is 114 Å². The smallest absolute Gasteiger partial charge is 0.295 e. The number of primary amides is 1. The Morgan fingerprint density at radius 1 is 1.33 bits per heavy atom. The lowest BCUT2D eigenvalue weighted by molar-refractivity contribution is 0.0994. The zero-order chi connectivity index (χ0) is 15.6. The second-order valence-electron chi connectivity index (χ2n) is 5.00. The zero-order valence-corrected chi connectivity index (χ0v) is 12.1. The van der Waals surface area contributed by atoms with E-state index in [2.05, 4.69) is 20.5 Å². The third-order valence-electron chi connectivity index (χ3n) is 3.10. The first-order chi connectivity index (χ1) is 9.90. The van der Waals surface area contributed by atoms with E-state index in [-0.39, 0.29) is 11.7 Å². The van der Waals surface area contributed by atoms with E-state index in [4.69, 9.17) is 5.73 Å². The maximum atomic E-state index is 12.1. The number of nitrogens with zero attached hydrogens (tertiary/aromatic N) is 2. The number of benzene rings is 1. The van der Waals surface area contributed by atoms with Crippen LogP contribution in [0, 0.1) is 6.92 Å². The van der Waals surface area contributed by atoms with Gasteiger partial charge in [-0.15, -0.1) is 5.10 Å². The molecule has 0 aliphatic heterocycles. The highest BCUT2D eigenvalue weighted by Gasteiger charge is 2.16. The van der Waals surface area contributed by atoms with E-state index < -0.39 is 11.8 Å². The molecule has 0 aliphatic carbocycles. The highest BCUT2D eigenvalue weighted by molar-refractivity contribution is 6.03. The molecular weight excluding hydrogens is 270 g/mol. The quantitative estimate of drug-likeness (QED) is 0.792. The maximum Gasteiger partial charge on any atom is 0.295 e. The number of hydrogen-bond acceptors (Lipinski definition) is 4. The lowest BCUT2D eigenvalue weighted by Gasteiger charge is -2.09. The number of nitrogens with one attached hydrogen (secondary N) is 2. The van der Waals surface area contributed by atoms with Crippen molar-refractivity contribution in [2.24, 2.45) is 5.73 Å². The molecule has 21 heavy (non-hydrogen) atoms. The molecule has 0 saturated heterocycles. The molecule has 0 atom stereocenters. The van der Waals surface area contributed by atoms with Crippen LogP contribution in [0.25, 0.3) is 0 Å². The standard InChI is InChI=1S/C14H17N5O2/c1-7(2)12-17-13(19-18-12)14(21)16-10-6-4-5-9(8(10)3)11(15)20/h4-7H,1-3H3,(H2,15,20)(H,16,21)(H,17,18,19). The van der Waals surface area contributed by atoms with Crippen LogP contribution in [0.4, 0.5) is 5.69 Å². The molecule has 2 rings (SSSR count). The normalized spacial score (nSPS) is 10.7. The second kappa shape index (κ2) is 5.74. The fourth-order valence-corrected chi connectivity index (χ4v) is 1.85. The molecule has 0 saturated carbocycles. The van der Waals surface area contributed by atoms with Crippen molar-refractivity contribution in [2.45, 2.75) is 26.7 Å². The van der Waals surface area contributed by atoms with Crippen LogP contribution in [0.2, 0.25) is 0 Å². The van der Waals surface area contributed by atoms with E-state index in [9.17, 15) is 9.59 Å². The number of hydrogen-bond donors (Lipinski definition) is 3. The monoisotopic (exact) mass is 287 g/mol. The predicted molar refractivity (Wildman–Crippen MR) is 78.1 cm³/mol. The van der Waals surface area contributed by atoms with E-state index in [1.165, 1.54) is 0 Å². The molecule has 1 heterocycles. The van der Waals surface area contributed by atoms with Crippen molar-refractivity contribution >= 4 is 17.5 Å². The first kappa shape index (κ1) is 14.7. The van der Waals surface area contributed by atoms with E-state index in [1.807, 2.05) is 13.8 Å². The Bertz CT molecular complexity index is 690. The molecular formula is C14H17N5O2. The molecule has 0 fully saturated rings. The molecule has 0 spiro atoms. The average molecular weight is 287 g/mol. The van der Waals surface area contributed by atoms with Crippen LogP contribution in [0.3, 0.4) is 0 Å². The van der Waals surface area contributed by atoms with Crippen LogP contribution in [-0.2, 0) is 0 Å². The van der Waals surface area contributed by atoms with Crippen LogP contribution in [0.15, 0.2) is 18.2 Å². The molecule has 1 aromatic carbocycles. The van der Waals surface area contributed by atoms with Crippen molar-refractivity contribution in [3.05, 3.63) is 41.0 Å². The molecule has 7 heteroatoms. The lowest BCUT2D eigenvalue weighted by atomic mass is 10.1. The molecule has 0 unspecified atom stereocenters. The Balaban J connectivity index is 2.23. The first-order valence-electron chi connectivity index (χ1n) is 6.53. The number of H-pyrrole nitrogens is 1. The minimum absolute atomic E-state index is 0.0579. The van der Waals surface area contributed by atoms with Crippen LogP contribution in [-0.4, -0.2) is 27.0 Å². The lowest BCUT2D eigenvalue weighted by Crippen LogP contribution is -2.17. The summed E-state index contributed by atoms with van der Waals surface area (Å²) in [6, 6.07) is 4.95. The highest BCUT2D eigenvalue weighted by atomic mass is 16.2. The van der Waals surface area contributed by atoms with Gasteiger partial charge in [-0.3, -0.25) is 14.7 Å². The zero-order valence-electron chi connectivity index (χ0n) is 12.1. The summed E-state index contributed by atoms with van der Waals surface area (Å²) in [5.41, 5.74) is 6.76. The summed E-state index contributed by atoms with van der Waals surface area (Å²) in [5, 5.41) is 9.28. The Kier molecular flexibility index (Phi) is 4.02. The summed E-state index contributed by atoms with van der Waals surface area (Å²) in [5.74, 6) is -0.129. The third kappa shape index (κ3) is 3.07. The summed E-state index contributed by atoms with van der Waals surface area (Å²) in [4.78, 5) is 27.5. The molecule has 0 aliphatic rings. The van der Waals surface area contributed by atoms with Gasteiger partial charge in [0.15, 0.2) is 0 Å². The molecule has 0 bridgehead atoms. The number of anilines is 1. The number of aromatic nitrogens is 3. The van der Waals surface area contributed by atoms with Crippen LogP contribution >= 0.6 is 0 Å². The van der Waals surface area contributed by atoms with Gasteiger partial charge in [0.2, 0.25) is 11.7 Å². The van der Waals surface area contributed by atoms with Crippen molar-refractivity contribution in [1.82, 2.24) is 15.2 Å². The van der Waals surface area contributed by atoms with E-state index in [1.54, 1.807) is 25.1 Å². The molecule has 4 N–H and O–H groups in total. The number of amides is 2. The number of aromatic amines is 1. The summed E-state index contributed by atoms with van der Waals surface area (Å²) < 4.78 is 0. The van der Waals surface area contributed by atoms with Gasteiger partial charge in [0.05, 0.1) is 0 Å². The Morgan fingerprint density at radius 3 is 2.62 bits per heavy atom. The van der Waals surface area contributed by atoms with E-state index >= 15 is 0 Å². The Labute approximate surface area is 122 Å². The van der Waals surface area contributed by atoms with Gasteiger partial charge in [-0.25, -0.2) is 4.98 Å². The summed E-state index contributed by atoms with van der Waals surface area (Å²) >= 11 is 0. The minimum atomic E-state index is -0.538. The van der Waals surface area contributed by atoms with Gasteiger partial charge in [0, 0.05) is 17.2 Å². The van der Waals surface area contributed by atoms with Gasteiger partial charge in [0.25, 0.3) is 5.91 Å². The number of carbonyl (C=O) groups is 2. The van der Waals surface area contributed by atoms with Gasteiger partial charge in [-0.05, 0) is 24.6 Å². The van der Waals surface area contributed by atoms with Crippen molar-refractivity contribution < 1.29 is 9.59 Å². The Hall–Kier alpha value is -2.70. The van der Waals surface area contributed by atoms with Crippen molar-refractivity contribution in [2.75, 3.05) is 5.32 Å². The number of carbonyl (C=O) groups excluding carboxylic acids is 2. The Morgan fingerprint density at radius 2 is 2.05 bits per heavy atom. The van der Waals surface area contributed by atoms with Gasteiger partial charge < -0.3 is 11.1 Å². The second-order valence-corrected chi connectivity index (χ2v) is 5.00. The van der Waals surface area contributed by atoms with Crippen LogP contribution in [0.1, 0.15) is 52.1 Å². The summed E-state index contributed by atoms with van der Waals surface area (Å²) in [6.45, 7) is 5.61. The molecule has 2 aromatic rings. The molecule has 110 valence electrons. The molecule has 1 aromatic heterocycles. The third-order valence-corrected chi connectivity index (χ3v) is 3.10.